The van der Waals surface area contributed by atoms with E-state index in [0.29, 0.717) is 0 Å². The van der Waals surface area contributed by atoms with Crippen LogP contribution in [0.1, 0.15) is 37.6 Å². The largest absolute Gasteiger partial charge is 0.252 e. The molecule has 0 bridgehead atoms. The summed E-state index contributed by atoms with van der Waals surface area (Å²) in [6, 6.07) is 17.4. The molecule has 1 heterocycles. The van der Waals surface area contributed by atoms with E-state index in [0.717, 1.165) is 11.4 Å². The second kappa shape index (κ2) is 5.24. The molecule has 1 aromatic heterocycles. The highest BCUT2D eigenvalue weighted by Gasteiger charge is 2.15. The van der Waals surface area contributed by atoms with Gasteiger partial charge in [-0.15, -0.1) is 0 Å². The highest BCUT2D eigenvalue weighted by atomic mass is 14.7. The maximum atomic E-state index is 4.84. The van der Waals surface area contributed by atoms with Crippen molar-refractivity contribution in [3.63, 3.8) is 0 Å². The molecule has 3 rings (SSSR count). The topological polar surface area (TPSA) is 12.9 Å². The van der Waals surface area contributed by atoms with Gasteiger partial charge in [0.2, 0.25) is 0 Å². The van der Waals surface area contributed by atoms with Crippen LogP contribution >= 0.6 is 0 Å². The lowest BCUT2D eigenvalue weighted by molar-refractivity contribution is 0.590. The molecule has 3 aromatic rings. The van der Waals surface area contributed by atoms with Crippen molar-refractivity contribution in [2.75, 3.05) is 0 Å². The lowest BCUT2D eigenvalue weighted by Gasteiger charge is -2.21. The molecule has 2 aromatic carbocycles. The summed E-state index contributed by atoms with van der Waals surface area (Å²) < 4.78 is 0. The molecule has 0 amide bonds. The molecule has 0 radical (unpaired) electrons. The minimum Gasteiger partial charge on any atom is -0.252 e. The second-order valence-corrected chi connectivity index (χ2v) is 7.15. The number of nitrogens with zero attached hydrogens (tertiary/aromatic N) is 1. The Bertz CT molecular complexity index is 838. The van der Waals surface area contributed by atoms with Crippen molar-refractivity contribution < 1.29 is 0 Å². The van der Waals surface area contributed by atoms with Crippen LogP contribution < -0.4 is 0 Å². The molecule has 0 spiro atoms. The van der Waals surface area contributed by atoms with Gasteiger partial charge in [-0.25, -0.2) is 0 Å². The van der Waals surface area contributed by atoms with Crippen LogP contribution in [0, 0.1) is 13.8 Å². The summed E-state index contributed by atoms with van der Waals surface area (Å²) in [6.07, 6.45) is 0. The van der Waals surface area contributed by atoms with E-state index >= 15 is 0 Å². The van der Waals surface area contributed by atoms with Crippen molar-refractivity contribution in [3.8, 4) is 11.3 Å². The Kier molecular flexibility index (Phi) is 3.52. The third-order valence-corrected chi connectivity index (χ3v) is 4.17. The van der Waals surface area contributed by atoms with Crippen LogP contribution in [-0.2, 0) is 5.41 Å². The van der Waals surface area contributed by atoms with E-state index in [9.17, 15) is 0 Å². The molecular formula is C21H23N. The first kappa shape index (κ1) is 14.8. The smallest absolute Gasteiger partial charge is 0.0711 e. The molecule has 0 N–H and O–H groups in total. The Balaban J connectivity index is 2.21. The predicted octanol–water partition coefficient (Wildman–Crippen LogP) is 5.82. The van der Waals surface area contributed by atoms with Crippen molar-refractivity contribution in [1.82, 2.24) is 4.98 Å². The van der Waals surface area contributed by atoms with Gasteiger partial charge in [0.1, 0.15) is 0 Å². The fourth-order valence-electron chi connectivity index (χ4n) is 2.88. The lowest BCUT2D eigenvalue weighted by atomic mass is 9.84. The molecule has 0 atom stereocenters. The molecule has 0 saturated carbocycles. The molecule has 0 unspecified atom stereocenters. The minimum atomic E-state index is 0.145. The molecule has 22 heavy (non-hydrogen) atoms. The summed E-state index contributed by atoms with van der Waals surface area (Å²) >= 11 is 0. The number of benzene rings is 2. The zero-order valence-electron chi connectivity index (χ0n) is 14.1. The van der Waals surface area contributed by atoms with Gasteiger partial charge in [-0.1, -0.05) is 56.7 Å². The van der Waals surface area contributed by atoms with Gasteiger partial charge in [-0.3, -0.25) is 4.98 Å². The van der Waals surface area contributed by atoms with Gasteiger partial charge in [0.25, 0.3) is 0 Å². The second-order valence-electron chi connectivity index (χ2n) is 7.15. The van der Waals surface area contributed by atoms with Crippen molar-refractivity contribution in [2.45, 2.75) is 40.0 Å². The van der Waals surface area contributed by atoms with Gasteiger partial charge in [0.05, 0.1) is 5.69 Å². The first-order chi connectivity index (χ1) is 10.3. The minimum absolute atomic E-state index is 0.145. The maximum Gasteiger partial charge on any atom is 0.0711 e. The van der Waals surface area contributed by atoms with E-state index in [4.69, 9.17) is 4.98 Å². The SMILES string of the molecule is Cc1cc(-c2cc3ccccc3c(C)n2)cc(C(C)(C)C)c1. The van der Waals surface area contributed by atoms with Crippen molar-refractivity contribution >= 4 is 10.8 Å². The number of pyridine rings is 1. The van der Waals surface area contributed by atoms with Crippen LogP contribution in [0.3, 0.4) is 0 Å². The molecule has 0 saturated heterocycles. The monoisotopic (exact) mass is 289 g/mol. The summed E-state index contributed by atoms with van der Waals surface area (Å²) in [6.45, 7) is 11.0. The third-order valence-electron chi connectivity index (χ3n) is 4.17. The van der Waals surface area contributed by atoms with Crippen LogP contribution in [0.5, 0.6) is 0 Å². The summed E-state index contributed by atoms with van der Waals surface area (Å²) in [5.41, 5.74) is 6.15. The number of aromatic nitrogens is 1. The fourth-order valence-corrected chi connectivity index (χ4v) is 2.88. The Morgan fingerprint density at radius 1 is 0.864 bits per heavy atom. The van der Waals surface area contributed by atoms with Crippen LogP contribution in [0.25, 0.3) is 22.0 Å². The number of hydrogen-bond acceptors (Lipinski definition) is 1. The molecule has 0 aliphatic rings. The predicted molar refractivity (Wildman–Crippen MR) is 95.4 cm³/mol. The summed E-state index contributed by atoms with van der Waals surface area (Å²) in [5.74, 6) is 0. The van der Waals surface area contributed by atoms with E-state index in [1.165, 1.54) is 27.5 Å². The standard InChI is InChI=1S/C21H23N/c1-14-10-17(12-18(11-14)21(3,4)5)20-13-16-8-6-7-9-19(16)15(2)22-20/h6-13H,1-5H3. The molecular weight excluding hydrogens is 266 g/mol. The molecule has 1 heteroatoms. The van der Waals surface area contributed by atoms with E-state index in [2.05, 4.69) is 83.1 Å². The van der Waals surface area contributed by atoms with Crippen molar-refractivity contribution in [2.24, 2.45) is 0 Å². The number of aryl methyl sites for hydroxylation is 2. The Morgan fingerprint density at radius 2 is 1.59 bits per heavy atom. The Labute approximate surface area is 133 Å². The van der Waals surface area contributed by atoms with Gasteiger partial charge in [0.15, 0.2) is 0 Å². The zero-order chi connectivity index (χ0) is 15.9. The van der Waals surface area contributed by atoms with Crippen molar-refractivity contribution in [3.05, 3.63) is 65.4 Å². The number of rotatable bonds is 1. The van der Waals surface area contributed by atoms with E-state index in [1.54, 1.807) is 0 Å². The highest BCUT2D eigenvalue weighted by Crippen LogP contribution is 2.30. The van der Waals surface area contributed by atoms with Crippen molar-refractivity contribution in [1.29, 1.82) is 0 Å². The maximum absolute atomic E-state index is 4.84. The van der Waals surface area contributed by atoms with Gasteiger partial charge in [-0.05, 0) is 48.4 Å². The Morgan fingerprint density at radius 3 is 2.32 bits per heavy atom. The number of fused-ring (bicyclic) bond motifs is 1. The molecule has 1 nitrogen and oxygen atoms in total. The van der Waals surface area contributed by atoms with Crippen LogP contribution in [-0.4, -0.2) is 4.98 Å². The van der Waals surface area contributed by atoms with Crippen LogP contribution in [0.2, 0.25) is 0 Å². The van der Waals surface area contributed by atoms with E-state index in [1.807, 2.05) is 0 Å². The molecule has 0 aliphatic carbocycles. The normalized spacial score (nSPS) is 11.9. The van der Waals surface area contributed by atoms with E-state index < -0.39 is 0 Å². The van der Waals surface area contributed by atoms with Gasteiger partial charge < -0.3 is 0 Å². The van der Waals surface area contributed by atoms with Crippen LogP contribution in [0.15, 0.2) is 48.5 Å². The average Bonchev–Trinajstić information content (AvgIpc) is 2.45. The third kappa shape index (κ3) is 2.76. The molecule has 112 valence electrons. The Hall–Kier alpha value is -2.15. The number of hydrogen-bond donors (Lipinski definition) is 0. The summed E-state index contributed by atoms with van der Waals surface area (Å²) in [5, 5.41) is 2.48. The average molecular weight is 289 g/mol. The quantitative estimate of drug-likeness (QED) is 0.550. The first-order valence-electron chi connectivity index (χ1n) is 7.83. The van der Waals surface area contributed by atoms with E-state index in [-0.39, 0.29) is 5.41 Å². The van der Waals surface area contributed by atoms with Gasteiger partial charge in [0, 0.05) is 16.6 Å². The first-order valence-corrected chi connectivity index (χ1v) is 7.83. The molecule has 0 fully saturated rings. The fraction of sp³-hybridized carbons (Fsp3) is 0.286. The summed E-state index contributed by atoms with van der Waals surface area (Å²) in [4.78, 5) is 4.84. The summed E-state index contributed by atoms with van der Waals surface area (Å²) in [7, 11) is 0. The van der Waals surface area contributed by atoms with Crippen LogP contribution in [0.4, 0.5) is 0 Å². The van der Waals surface area contributed by atoms with Gasteiger partial charge in [-0.2, -0.15) is 0 Å². The molecule has 0 aliphatic heterocycles. The highest BCUT2D eigenvalue weighted by molar-refractivity contribution is 5.87. The van der Waals surface area contributed by atoms with Gasteiger partial charge >= 0.3 is 0 Å². The zero-order valence-corrected chi connectivity index (χ0v) is 14.1. The lowest BCUT2D eigenvalue weighted by Crippen LogP contribution is -2.11.